The van der Waals surface area contributed by atoms with Gasteiger partial charge < -0.3 is 9.84 Å². The molecule has 0 aromatic heterocycles. The van der Waals surface area contributed by atoms with Crippen molar-refractivity contribution in [2.24, 2.45) is 0 Å². The molecule has 0 aliphatic heterocycles. The lowest BCUT2D eigenvalue weighted by Gasteiger charge is -2.02. The molecule has 4 nitrogen and oxygen atoms in total. The van der Waals surface area contributed by atoms with Gasteiger partial charge in [0.15, 0.2) is 0 Å². The molecule has 0 aromatic rings. The number of aliphatic carboxylic acids is 1. The summed E-state index contributed by atoms with van der Waals surface area (Å²) in [6.07, 6.45) is 34.7. The molecule has 1 N–H and O–H groups in total. The molecule has 0 fully saturated rings. The van der Waals surface area contributed by atoms with E-state index in [0.29, 0.717) is 6.61 Å². The summed E-state index contributed by atoms with van der Waals surface area (Å²) >= 11 is 0. The van der Waals surface area contributed by atoms with E-state index in [-0.39, 0.29) is 12.8 Å². The zero-order valence-corrected chi connectivity index (χ0v) is 19.1. The number of carbonyl (C=O) groups is 2. The maximum absolute atomic E-state index is 11.2. The fourth-order valence-electron chi connectivity index (χ4n) is 2.47. The van der Waals surface area contributed by atoms with E-state index in [1.165, 1.54) is 0 Å². The van der Waals surface area contributed by atoms with Crippen molar-refractivity contribution in [2.45, 2.75) is 77.6 Å². The lowest BCUT2D eigenvalue weighted by atomic mass is 10.2. The van der Waals surface area contributed by atoms with Crippen molar-refractivity contribution in [1.29, 1.82) is 0 Å². The van der Waals surface area contributed by atoms with Crippen LogP contribution in [0.3, 0.4) is 0 Å². The Labute approximate surface area is 188 Å². The summed E-state index contributed by atoms with van der Waals surface area (Å²) in [5.41, 5.74) is 0. The second-order valence-corrected chi connectivity index (χ2v) is 7.03. The van der Waals surface area contributed by atoms with Crippen molar-refractivity contribution in [3.05, 3.63) is 72.9 Å². The Morgan fingerprint density at radius 3 is 1.55 bits per heavy atom. The highest BCUT2D eigenvalue weighted by atomic mass is 16.5. The van der Waals surface area contributed by atoms with Gasteiger partial charge in [0, 0.05) is 0 Å². The Balaban J connectivity index is 3.50. The topological polar surface area (TPSA) is 63.6 Å². The molecule has 31 heavy (non-hydrogen) atoms. The smallest absolute Gasteiger partial charge is 0.306 e. The third-order valence-electron chi connectivity index (χ3n) is 4.17. The molecule has 0 rings (SSSR count). The van der Waals surface area contributed by atoms with Crippen molar-refractivity contribution in [2.75, 3.05) is 6.61 Å². The highest BCUT2D eigenvalue weighted by molar-refractivity contribution is 5.76. The zero-order valence-electron chi connectivity index (χ0n) is 19.1. The van der Waals surface area contributed by atoms with Gasteiger partial charge >= 0.3 is 11.9 Å². The van der Waals surface area contributed by atoms with E-state index in [9.17, 15) is 9.59 Å². The van der Waals surface area contributed by atoms with Crippen LogP contribution in [0.4, 0.5) is 0 Å². The van der Waals surface area contributed by atoms with Gasteiger partial charge in [0.25, 0.3) is 0 Å². The van der Waals surface area contributed by atoms with Crippen molar-refractivity contribution in [3.8, 4) is 0 Å². The van der Waals surface area contributed by atoms with Crippen LogP contribution in [-0.4, -0.2) is 23.7 Å². The van der Waals surface area contributed by atoms with Crippen molar-refractivity contribution in [3.63, 3.8) is 0 Å². The predicted octanol–water partition coefficient (Wildman–Crippen LogP) is 7.26. The lowest BCUT2D eigenvalue weighted by Crippen LogP contribution is -2.08. The molecule has 0 saturated carbocycles. The Morgan fingerprint density at radius 2 is 1.10 bits per heavy atom. The van der Waals surface area contributed by atoms with Gasteiger partial charge in [-0.1, -0.05) is 79.8 Å². The van der Waals surface area contributed by atoms with Gasteiger partial charge in [0.05, 0.1) is 19.4 Å². The molecule has 0 atom stereocenters. The van der Waals surface area contributed by atoms with Crippen LogP contribution >= 0.6 is 0 Å². The molecule has 4 heteroatoms. The molecule has 0 aromatic carbocycles. The van der Waals surface area contributed by atoms with E-state index >= 15 is 0 Å². The average Bonchev–Trinajstić information content (AvgIpc) is 2.75. The maximum Gasteiger partial charge on any atom is 0.306 e. The third kappa shape index (κ3) is 25.3. The zero-order chi connectivity index (χ0) is 22.8. The SMILES string of the molecule is CC/C=C/C/C=C/C/C=C\C/C=C/C/C=C/C/C=C/CCCCOC(=O)CCC(=O)O. The van der Waals surface area contributed by atoms with Crippen LogP contribution < -0.4 is 0 Å². The molecule has 0 radical (unpaired) electrons. The molecule has 0 saturated heterocycles. The third-order valence-corrected chi connectivity index (χ3v) is 4.17. The first-order valence-corrected chi connectivity index (χ1v) is 11.4. The minimum Gasteiger partial charge on any atom is -0.481 e. The van der Waals surface area contributed by atoms with Crippen molar-refractivity contribution >= 4 is 11.9 Å². The quantitative estimate of drug-likeness (QED) is 0.134. The molecular weight excluding hydrogens is 388 g/mol. The first-order chi connectivity index (χ1) is 15.2. The van der Waals surface area contributed by atoms with Crippen LogP contribution in [0.15, 0.2) is 72.9 Å². The number of rotatable bonds is 19. The highest BCUT2D eigenvalue weighted by Crippen LogP contribution is 2.01. The molecule has 0 aliphatic rings. The second-order valence-electron chi connectivity index (χ2n) is 7.03. The molecule has 0 bridgehead atoms. The van der Waals surface area contributed by atoms with Crippen LogP contribution in [0.1, 0.15) is 77.6 Å². The van der Waals surface area contributed by atoms with E-state index in [0.717, 1.165) is 57.8 Å². The first-order valence-electron chi connectivity index (χ1n) is 11.4. The molecule has 0 spiro atoms. The number of carboxylic acids is 1. The minimum absolute atomic E-state index is 0.0531. The fourth-order valence-corrected chi connectivity index (χ4v) is 2.47. The molecule has 0 heterocycles. The normalized spacial score (nSPS) is 12.5. The minimum atomic E-state index is -0.977. The standard InChI is InChI=1S/C27H40O4/c1-2-3-4-5-6-7-8-9-10-11-12-13-14-15-16-17-18-19-20-21-22-25-31-27(30)24-23-26(28)29/h3-4,6-7,9-10,12-13,15-16,18-19H,2,5,8,11,14,17,20-25H2,1H3,(H,28,29)/b4-3+,7-6+,10-9-,13-12+,16-15+,19-18+. The fraction of sp³-hybridized carbons (Fsp3) is 0.481. The molecule has 172 valence electrons. The van der Waals surface area contributed by atoms with Gasteiger partial charge in [0.1, 0.15) is 0 Å². The molecule has 0 unspecified atom stereocenters. The Morgan fingerprint density at radius 1 is 0.645 bits per heavy atom. The Bertz CT molecular complexity index is 621. The van der Waals surface area contributed by atoms with Gasteiger partial charge in [-0.15, -0.1) is 0 Å². The maximum atomic E-state index is 11.2. The summed E-state index contributed by atoms with van der Waals surface area (Å²) in [6.45, 7) is 2.51. The summed E-state index contributed by atoms with van der Waals surface area (Å²) in [5, 5.41) is 8.49. The number of ether oxygens (including phenoxy) is 1. The molecule has 0 aliphatic carbocycles. The van der Waals surface area contributed by atoms with Gasteiger partial charge in [-0.2, -0.15) is 0 Å². The Kier molecular flexibility index (Phi) is 21.7. The number of carboxylic acid groups (broad SMARTS) is 1. The summed E-state index contributed by atoms with van der Waals surface area (Å²) in [6, 6.07) is 0. The van der Waals surface area contributed by atoms with E-state index in [1.807, 2.05) is 0 Å². The van der Waals surface area contributed by atoms with E-state index in [2.05, 4.69) is 79.8 Å². The van der Waals surface area contributed by atoms with Crippen molar-refractivity contribution < 1.29 is 19.4 Å². The first kappa shape index (κ1) is 28.4. The number of allylic oxidation sites excluding steroid dienone is 12. The monoisotopic (exact) mass is 428 g/mol. The van der Waals surface area contributed by atoms with Crippen LogP contribution in [0.25, 0.3) is 0 Å². The number of hydrogen-bond donors (Lipinski definition) is 1. The van der Waals surface area contributed by atoms with Gasteiger partial charge in [-0.3, -0.25) is 9.59 Å². The molecular formula is C27H40O4. The number of esters is 1. The number of carbonyl (C=O) groups excluding carboxylic acids is 1. The van der Waals surface area contributed by atoms with E-state index < -0.39 is 11.9 Å². The van der Waals surface area contributed by atoms with E-state index in [4.69, 9.17) is 9.84 Å². The summed E-state index contributed by atoms with van der Waals surface area (Å²) < 4.78 is 4.98. The van der Waals surface area contributed by atoms with Crippen molar-refractivity contribution in [1.82, 2.24) is 0 Å². The predicted molar refractivity (Wildman–Crippen MR) is 130 cm³/mol. The average molecular weight is 429 g/mol. The van der Waals surface area contributed by atoms with Crippen LogP contribution in [0, 0.1) is 0 Å². The number of hydrogen-bond acceptors (Lipinski definition) is 3. The van der Waals surface area contributed by atoms with E-state index in [1.54, 1.807) is 0 Å². The van der Waals surface area contributed by atoms with Gasteiger partial charge in [0.2, 0.25) is 0 Å². The summed E-state index contributed by atoms with van der Waals surface area (Å²) in [7, 11) is 0. The number of unbranched alkanes of at least 4 members (excludes halogenated alkanes) is 2. The highest BCUT2D eigenvalue weighted by Gasteiger charge is 2.05. The summed E-state index contributed by atoms with van der Waals surface area (Å²) in [4.78, 5) is 21.6. The van der Waals surface area contributed by atoms with Crippen LogP contribution in [0.5, 0.6) is 0 Å². The van der Waals surface area contributed by atoms with Crippen LogP contribution in [-0.2, 0) is 14.3 Å². The Hall–Kier alpha value is -2.62. The largest absolute Gasteiger partial charge is 0.481 e. The van der Waals surface area contributed by atoms with Crippen LogP contribution in [0.2, 0.25) is 0 Å². The van der Waals surface area contributed by atoms with Gasteiger partial charge in [-0.05, 0) is 57.8 Å². The summed E-state index contributed by atoms with van der Waals surface area (Å²) in [5.74, 6) is -1.41. The second kappa shape index (κ2) is 23.7. The lowest BCUT2D eigenvalue weighted by molar-refractivity contribution is -0.147. The molecule has 0 amide bonds. The van der Waals surface area contributed by atoms with Gasteiger partial charge in [-0.25, -0.2) is 0 Å².